The van der Waals surface area contributed by atoms with Crippen LogP contribution >= 0.6 is 0 Å². The summed E-state index contributed by atoms with van der Waals surface area (Å²) in [6, 6.07) is 3.26. The van der Waals surface area contributed by atoms with Gasteiger partial charge in [0.1, 0.15) is 11.5 Å². The number of carbonyl (C=O) groups is 2. The van der Waals surface area contributed by atoms with E-state index in [9.17, 15) is 19.8 Å². The van der Waals surface area contributed by atoms with Crippen molar-refractivity contribution < 1.29 is 24.9 Å². The Morgan fingerprint density at radius 2 is 2.18 bits per heavy atom. The standard InChI is InChI=1S/C21H28N2O5/c1-12-6-14(25)8-16-15(12)9-18-21(28)10-13(7-19(27)23-4-5-24)17(26)11-20(16,21)2-3-22-18/h6,8,13,18,22,24-25,28H,2-5,7,9-11H2,1H3,(H,23,27)/t13-,18+,20+,21+/m0/s1. The number of hydrogen-bond acceptors (Lipinski definition) is 6. The quantitative estimate of drug-likeness (QED) is 0.498. The van der Waals surface area contributed by atoms with Gasteiger partial charge in [-0.2, -0.15) is 0 Å². The molecule has 7 heteroatoms. The minimum Gasteiger partial charge on any atom is -0.508 e. The molecule has 4 rings (SSSR count). The first-order chi connectivity index (χ1) is 13.3. The molecule has 2 aliphatic carbocycles. The van der Waals surface area contributed by atoms with Gasteiger partial charge in [0.25, 0.3) is 0 Å². The van der Waals surface area contributed by atoms with Gasteiger partial charge in [-0.05, 0) is 61.6 Å². The number of rotatable bonds is 4. The number of Topliss-reactive ketones (excluding diaryl/α,β-unsaturated/α-hetero) is 1. The van der Waals surface area contributed by atoms with E-state index in [-0.39, 0.29) is 55.9 Å². The number of aromatic hydroxyl groups is 1. The van der Waals surface area contributed by atoms with Crippen molar-refractivity contribution in [3.63, 3.8) is 0 Å². The van der Waals surface area contributed by atoms with Crippen molar-refractivity contribution in [2.45, 2.75) is 56.1 Å². The zero-order valence-electron chi connectivity index (χ0n) is 16.1. The Bertz CT molecular complexity index is 825. The van der Waals surface area contributed by atoms with E-state index in [1.54, 1.807) is 12.1 Å². The number of hydrogen-bond donors (Lipinski definition) is 5. The van der Waals surface area contributed by atoms with Gasteiger partial charge in [0.2, 0.25) is 5.91 Å². The number of carbonyl (C=O) groups excluding carboxylic acids is 2. The van der Waals surface area contributed by atoms with Crippen LogP contribution in [0.5, 0.6) is 5.75 Å². The summed E-state index contributed by atoms with van der Waals surface area (Å²) < 4.78 is 0. The number of aliphatic hydroxyl groups is 2. The minimum absolute atomic E-state index is 0.0154. The molecular formula is C21H28N2O5. The van der Waals surface area contributed by atoms with Crippen molar-refractivity contribution in [1.29, 1.82) is 0 Å². The average Bonchev–Trinajstić information content (AvgIpc) is 2.62. The van der Waals surface area contributed by atoms with Gasteiger partial charge in [-0.15, -0.1) is 0 Å². The molecule has 1 aliphatic heterocycles. The molecule has 1 aromatic rings. The molecule has 28 heavy (non-hydrogen) atoms. The van der Waals surface area contributed by atoms with E-state index < -0.39 is 16.9 Å². The summed E-state index contributed by atoms with van der Waals surface area (Å²) in [4.78, 5) is 25.2. The van der Waals surface area contributed by atoms with Gasteiger partial charge in [-0.3, -0.25) is 9.59 Å². The number of benzene rings is 1. The summed E-state index contributed by atoms with van der Waals surface area (Å²) in [5.41, 5.74) is 1.10. The van der Waals surface area contributed by atoms with E-state index in [2.05, 4.69) is 10.6 Å². The van der Waals surface area contributed by atoms with Crippen molar-refractivity contribution in [1.82, 2.24) is 10.6 Å². The van der Waals surface area contributed by atoms with Crippen LogP contribution in [0.3, 0.4) is 0 Å². The molecular weight excluding hydrogens is 360 g/mol. The molecule has 2 fully saturated rings. The number of phenolic OH excluding ortho intramolecular Hbond substituents is 1. The Labute approximate surface area is 164 Å². The Balaban J connectivity index is 1.72. The number of aryl methyl sites for hydroxylation is 1. The Morgan fingerprint density at radius 3 is 2.93 bits per heavy atom. The van der Waals surface area contributed by atoms with E-state index in [0.717, 1.165) is 16.7 Å². The zero-order chi connectivity index (χ0) is 20.1. The summed E-state index contributed by atoms with van der Waals surface area (Å²) in [5, 5.41) is 37.0. The predicted octanol–water partition coefficient (Wildman–Crippen LogP) is 0.0652. The van der Waals surface area contributed by atoms with Gasteiger partial charge < -0.3 is 26.0 Å². The number of aliphatic hydroxyl groups excluding tert-OH is 1. The van der Waals surface area contributed by atoms with Crippen molar-refractivity contribution in [2.24, 2.45) is 5.92 Å². The topological polar surface area (TPSA) is 119 Å². The highest BCUT2D eigenvalue weighted by atomic mass is 16.3. The van der Waals surface area contributed by atoms with Crippen LogP contribution in [0.2, 0.25) is 0 Å². The van der Waals surface area contributed by atoms with Crippen LogP contribution < -0.4 is 10.6 Å². The maximum absolute atomic E-state index is 13.1. The van der Waals surface area contributed by atoms with Crippen LogP contribution in [0.4, 0.5) is 0 Å². The average molecular weight is 388 g/mol. The molecule has 4 atom stereocenters. The van der Waals surface area contributed by atoms with E-state index >= 15 is 0 Å². The Kier molecular flexibility index (Phi) is 4.72. The third-order valence-electron chi connectivity index (χ3n) is 7.08. The summed E-state index contributed by atoms with van der Waals surface area (Å²) in [6.45, 7) is 2.66. The first-order valence-electron chi connectivity index (χ1n) is 10.00. The molecule has 0 unspecified atom stereocenters. The highest BCUT2D eigenvalue weighted by molar-refractivity contribution is 5.89. The second kappa shape index (κ2) is 6.83. The molecule has 152 valence electrons. The number of ketones is 1. The third kappa shape index (κ3) is 2.76. The molecule has 2 bridgehead atoms. The van der Waals surface area contributed by atoms with Gasteiger partial charge >= 0.3 is 0 Å². The van der Waals surface area contributed by atoms with Crippen molar-refractivity contribution in [2.75, 3.05) is 19.7 Å². The molecule has 1 aromatic carbocycles. The molecule has 1 amide bonds. The van der Waals surface area contributed by atoms with Crippen LogP contribution in [0.25, 0.3) is 0 Å². The lowest BCUT2D eigenvalue weighted by atomic mass is 9.48. The molecule has 0 aromatic heterocycles. The Morgan fingerprint density at radius 1 is 1.39 bits per heavy atom. The van der Waals surface area contributed by atoms with Gasteiger partial charge in [0, 0.05) is 36.8 Å². The monoisotopic (exact) mass is 388 g/mol. The maximum Gasteiger partial charge on any atom is 0.220 e. The zero-order valence-corrected chi connectivity index (χ0v) is 16.1. The predicted molar refractivity (Wildman–Crippen MR) is 102 cm³/mol. The molecule has 1 saturated carbocycles. The number of nitrogens with one attached hydrogen (secondary N) is 2. The number of piperidine rings is 1. The van der Waals surface area contributed by atoms with Crippen LogP contribution in [-0.2, 0) is 21.4 Å². The SMILES string of the molecule is Cc1cc(O)cc2c1C[C@H]1NCC[C@@]23CC(=O)[C@@H](CC(=O)NCCO)C[C@@]13O. The number of amides is 1. The highest BCUT2D eigenvalue weighted by Gasteiger charge is 2.65. The van der Waals surface area contributed by atoms with E-state index in [1.807, 2.05) is 6.92 Å². The summed E-state index contributed by atoms with van der Waals surface area (Å²) in [6.07, 6.45) is 1.68. The minimum atomic E-state index is -1.14. The summed E-state index contributed by atoms with van der Waals surface area (Å²) in [5.74, 6) is -0.685. The molecule has 1 heterocycles. The first-order valence-corrected chi connectivity index (χ1v) is 10.00. The van der Waals surface area contributed by atoms with Crippen LogP contribution in [0.15, 0.2) is 12.1 Å². The fourth-order valence-electron chi connectivity index (χ4n) is 5.77. The lowest BCUT2D eigenvalue weighted by molar-refractivity contribution is -0.160. The molecule has 0 spiro atoms. The molecule has 1 saturated heterocycles. The van der Waals surface area contributed by atoms with Crippen molar-refractivity contribution in [3.05, 3.63) is 28.8 Å². The third-order valence-corrected chi connectivity index (χ3v) is 7.08. The second-order valence-corrected chi connectivity index (χ2v) is 8.58. The largest absolute Gasteiger partial charge is 0.508 e. The van der Waals surface area contributed by atoms with E-state index in [4.69, 9.17) is 5.11 Å². The van der Waals surface area contributed by atoms with Gasteiger partial charge in [0.05, 0.1) is 12.2 Å². The summed E-state index contributed by atoms with van der Waals surface area (Å²) in [7, 11) is 0. The number of fused-ring (bicyclic) bond motifs is 1. The lowest BCUT2D eigenvalue weighted by Gasteiger charge is -2.62. The molecule has 0 radical (unpaired) electrons. The molecule has 3 aliphatic rings. The summed E-state index contributed by atoms with van der Waals surface area (Å²) >= 11 is 0. The van der Waals surface area contributed by atoms with E-state index in [1.165, 1.54) is 0 Å². The van der Waals surface area contributed by atoms with Crippen molar-refractivity contribution >= 4 is 11.7 Å². The Hall–Kier alpha value is -1.96. The molecule has 7 nitrogen and oxygen atoms in total. The fourth-order valence-corrected chi connectivity index (χ4v) is 5.77. The fraction of sp³-hybridized carbons (Fsp3) is 0.619. The highest BCUT2D eigenvalue weighted by Crippen LogP contribution is 2.57. The van der Waals surface area contributed by atoms with Crippen molar-refractivity contribution in [3.8, 4) is 5.75 Å². The lowest BCUT2D eigenvalue weighted by Crippen LogP contribution is -2.73. The second-order valence-electron chi connectivity index (χ2n) is 8.58. The number of phenols is 1. The van der Waals surface area contributed by atoms with Crippen LogP contribution in [-0.4, -0.2) is 58.3 Å². The molecule has 5 N–H and O–H groups in total. The van der Waals surface area contributed by atoms with Gasteiger partial charge in [-0.1, -0.05) is 0 Å². The van der Waals surface area contributed by atoms with Crippen LogP contribution in [0, 0.1) is 12.8 Å². The first kappa shape index (κ1) is 19.4. The van der Waals surface area contributed by atoms with Crippen LogP contribution in [0.1, 0.15) is 42.4 Å². The van der Waals surface area contributed by atoms with Gasteiger partial charge in [0.15, 0.2) is 0 Å². The smallest absolute Gasteiger partial charge is 0.220 e. The normalized spacial score (nSPS) is 33.8. The van der Waals surface area contributed by atoms with Gasteiger partial charge in [-0.25, -0.2) is 0 Å². The maximum atomic E-state index is 13.1. The van der Waals surface area contributed by atoms with E-state index in [0.29, 0.717) is 19.4 Å².